The molecule has 0 unspecified atom stereocenters. The molecular formula is C13H14N4O. The van der Waals surface area contributed by atoms with Gasteiger partial charge < -0.3 is 15.1 Å². The molecule has 3 aromatic rings. The molecule has 0 saturated heterocycles. The summed E-state index contributed by atoms with van der Waals surface area (Å²) in [6, 6.07) is 3.68. The molecule has 0 saturated carbocycles. The summed E-state index contributed by atoms with van der Waals surface area (Å²) >= 11 is 0. The standard InChI is InChI=1S/C13H14N4O/c1-8-11-9(4-5-14)7-15-13(11)17-12(16-8)10-3-2-6-18-10/h2-3,6-7H,4-5,14H2,1H3,(H,15,16,17). The summed E-state index contributed by atoms with van der Waals surface area (Å²) in [7, 11) is 0. The second-order valence-corrected chi connectivity index (χ2v) is 4.19. The molecule has 3 N–H and O–H groups in total. The van der Waals surface area contributed by atoms with E-state index in [4.69, 9.17) is 10.2 Å². The fourth-order valence-corrected chi connectivity index (χ4v) is 2.16. The Kier molecular flexibility index (Phi) is 2.60. The highest BCUT2D eigenvalue weighted by Gasteiger charge is 2.12. The van der Waals surface area contributed by atoms with Crippen LogP contribution in [0.25, 0.3) is 22.6 Å². The average Bonchev–Trinajstić information content (AvgIpc) is 2.98. The maximum absolute atomic E-state index is 5.60. The van der Waals surface area contributed by atoms with Crippen molar-refractivity contribution < 1.29 is 4.42 Å². The third-order valence-corrected chi connectivity index (χ3v) is 2.95. The molecule has 0 fully saturated rings. The number of rotatable bonds is 3. The molecule has 0 aliphatic carbocycles. The predicted octanol–water partition coefficient (Wildman–Crippen LogP) is 2.03. The van der Waals surface area contributed by atoms with Gasteiger partial charge in [-0.25, -0.2) is 9.97 Å². The average molecular weight is 242 g/mol. The molecular weight excluding hydrogens is 228 g/mol. The normalized spacial score (nSPS) is 11.2. The quantitative estimate of drug-likeness (QED) is 0.736. The van der Waals surface area contributed by atoms with E-state index in [0.717, 1.165) is 28.7 Å². The van der Waals surface area contributed by atoms with Gasteiger partial charge in [0.15, 0.2) is 11.6 Å². The summed E-state index contributed by atoms with van der Waals surface area (Å²) in [5.41, 5.74) is 8.53. The fourth-order valence-electron chi connectivity index (χ4n) is 2.16. The zero-order valence-electron chi connectivity index (χ0n) is 10.1. The van der Waals surface area contributed by atoms with Crippen molar-refractivity contribution in [3.63, 3.8) is 0 Å². The molecule has 0 aromatic carbocycles. The third-order valence-electron chi connectivity index (χ3n) is 2.95. The maximum atomic E-state index is 5.60. The van der Waals surface area contributed by atoms with Gasteiger partial charge in [0.05, 0.1) is 12.0 Å². The number of hydrogen-bond acceptors (Lipinski definition) is 4. The lowest BCUT2D eigenvalue weighted by atomic mass is 10.1. The van der Waals surface area contributed by atoms with Crippen LogP contribution in [0.3, 0.4) is 0 Å². The van der Waals surface area contributed by atoms with Crippen LogP contribution in [-0.4, -0.2) is 21.5 Å². The van der Waals surface area contributed by atoms with Gasteiger partial charge in [0.25, 0.3) is 0 Å². The molecule has 0 bridgehead atoms. The zero-order chi connectivity index (χ0) is 12.5. The van der Waals surface area contributed by atoms with E-state index in [1.165, 1.54) is 0 Å². The molecule has 3 rings (SSSR count). The molecule has 0 radical (unpaired) electrons. The Morgan fingerprint density at radius 1 is 1.39 bits per heavy atom. The molecule has 5 heteroatoms. The van der Waals surface area contributed by atoms with Crippen LogP contribution in [0.4, 0.5) is 0 Å². The summed E-state index contributed by atoms with van der Waals surface area (Å²) in [5, 5.41) is 1.07. The van der Waals surface area contributed by atoms with Crippen molar-refractivity contribution >= 4 is 11.0 Å². The van der Waals surface area contributed by atoms with Gasteiger partial charge in [-0.2, -0.15) is 0 Å². The molecule has 3 heterocycles. The molecule has 0 atom stereocenters. The van der Waals surface area contributed by atoms with Gasteiger partial charge in [-0.15, -0.1) is 0 Å². The Morgan fingerprint density at radius 3 is 3.00 bits per heavy atom. The Hall–Kier alpha value is -2.14. The second kappa shape index (κ2) is 4.27. The van der Waals surface area contributed by atoms with E-state index in [1.54, 1.807) is 6.26 Å². The van der Waals surface area contributed by atoms with E-state index < -0.39 is 0 Å². The molecule has 3 aromatic heterocycles. The molecule has 0 aliphatic rings. The lowest BCUT2D eigenvalue weighted by Gasteiger charge is -2.02. The molecule has 5 nitrogen and oxygen atoms in total. The lowest BCUT2D eigenvalue weighted by Crippen LogP contribution is -2.02. The Labute approximate surface area is 104 Å². The molecule has 0 spiro atoms. The summed E-state index contributed by atoms with van der Waals surface area (Å²) in [6.07, 6.45) is 4.39. The van der Waals surface area contributed by atoms with Crippen molar-refractivity contribution in [3.05, 3.63) is 35.9 Å². The van der Waals surface area contributed by atoms with Crippen LogP contribution in [-0.2, 0) is 6.42 Å². The molecule has 92 valence electrons. The van der Waals surface area contributed by atoms with Crippen LogP contribution in [0.15, 0.2) is 29.0 Å². The van der Waals surface area contributed by atoms with Gasteiger partial charge in [-0.1, -0.05) is 0 Å². The van der Waals surface area contributed by atoms with E-state index in [1.807, 2.05) is 25.3 Å². The van der Waals surface area contributed by atoms with Gasteiger partial charge in [-0.3, -0.25) is 0 Å². The Morgan fingerprint density at radius 2 is 2.28 bits per heavy atom. The number of nitrogens with two attached hydrogens (primary N) is 1. The second-order valence-electron chi connectivity index (χ2n) is 4.19. The van der Waals surface area contributed by atoms with Crippen LogP contribution in [0.2, 0.25) is 0 Å². The van der Waals surface area contributed by atoms with E-state index in [0.29, 0.717) is 18.1 Å². The van der Waals surface area contributed by atoms with Crippen LogP contribution in [0, 0.1) is 6.92 Å². The number of aromatic amines is 1. The first-order valence-corrected chi connectivity index (χ1v) is 5.88. The monoisotopic (exact) mass is 242 g/mol. The number of furan rings is 1. The van der Waals surface area contributed by atoms with Gasteiger partial charge >= 0.3 is 0 Å². The zero-order valence-corrected chi connectivity index (χ0v) is 10.1. The van der Waals surface area contributed by atoms with E-state index >= 15 is 0 Å². The van der Waals surface area contributed by atoms with Crippen molar-refractivity contribution in [2.45, 2.75) is 13.3 Å². The van der Waals surface area contributed by atoms with Crippen LogP contribution >= 0.6 is 0 Å². The van der Waals surface area contributed by atoms with E-state index in [-0.39, 0.29) is 0 Å². The number of aryl methyl sites for hydroxylation is 1. The smallest absolute Gasteiger partial charge is 0.197 e. The summed E-state index contributed by atoms with van der Waals surface area (Å²) in [6.45, 7) is 2.59. The minimum Gasteiger partial charge on any atom is -0.461 e. The third kappa shape index (κ3) is 1.69. The van der Waals surface area contributed by atoms with Gasteiger partial charge in [0.1, 0.15) is 5.65 Å². The highest BCUT2D eigenvalue weighted by atomic mass is 16.3. The van der Waals surface area contributed by atoms with Crippen molar-refractivity contribution in [1.82, 2.24) is 15.0 Å². The van der Waals surface area contributed by atoms with Crippen LogP contribution in [0.5, 0.6) is 0 Å². The maximum Gasteiger partial charge on any atom is 0.197 e. The summed E-state index contributed by atoms with van der Waals surface area (Å²) in [4.78, 5) is 12.1. The first-order valence-electron chi connectivity index (χ1n) is 5.88. The summed E-state index contributed by atoms with van der Waals surface area (Å²) in [5.74, 6) is 1.28. The van der Waals surface area contributed by atoms with Crippen molar-refractivity contribution in [3.8, 4) is 11.6 Å². The molecule has 18 heavy (non-hydrogen) atoms. The van der Waals surface area contributed by atoms with Crippen molar-refractivity contribution in [2.24, 2.45) is 5.73 Å². The Balaban J connectivity index is 2.17. The number of aromatic nitrogens is 3. The molecule has 0 amide bonds. The topological polar surface area (TPSA) is 80.7 Å². The first kappa shape index (κ1) is 11.0. The van der Waals surface area contributed by atoms with E-state index in [9.17, 15) is 0 Å². The predicted molar refractivity (Wildman–Crippen MR) is 69.1 cm³/mol. The number of nitrogens with one attached hydrogen (secondary N) is 1. The highest BCUT2D eigenvalue weighted by molar-refractivity contribution is 5.83. The largest absolute Gasteiger partial charge is 0.461 e. The minimum atomic E-state index is 0.603. The van der Waals surface area contributed by atoms with Crippen LogP contribution < -0.4 is 5.73 Å². The fraction of sp³-hybridized carbons (Fsp3) is 0.231. The van der Waals surface area contributed by atoms with E-state index in [2.05, 4.69) is 15.0 Å². The van der Waals surface area contributed by atoms with Gasteiger partial charge in [-0.05, 0) is 37.6 Å². The Bertz CT molecular complexity index is 670. The molecule has 0 aliphatic heterocycles. The van der Waals surface area contributed by atoms with Crippen LogP contribution in [0.1, 0.15) is 11.3 Å². The SMILES string of the molecule is Cc1nc(-c2ccco2)nc2[nH]cc(CCN)c12. The number of nitrogens with zero attached hydrogens (tertiary/aromatic N) is 2. The van der Waals surface area contributed by atoms with Crippen molar-refractivity contribution in [2.75, 3.05) is 6.54 Å². The minimum absolute atomic E-state index is 0.603. The summed E-state index contributed by atoms with van der Waals surface area (Å²) < 4.78 is 5.32. The number of H-pyrrole nitrogens is 1. The highest BCUT2D eigenvalue weighted by Crippen LogP contribution is 2.24. The van der Waals surface area contributed by atoms with Gasteiger partial charge in [0, 0.05) is 11.6 Å². The van der Waals surface area contributed by atoms with Gasteiger partial charge in [0.2, 0.25) is 0 Å². The lowest BCUT2D eigenvalue weighted by molar-refractivity contribution is 0.577. The number of hydrogen-bond donors (Lipinski definition) is 2. The first-order chi connectivity index (χ1) is 8.79. The number of fused-ring (bicyclic) bond motifs is 1. The van der Waals surface area contributed by atoms with Crippen molar-refractivity contribution in [1.29, 1.82) is 0 Å².